The molecular weight excluding hydrogens is 356 g/mol. The number of rotatable bonds is 4. The largest absolute Gasteiger partial charge is 0.341 e. The Bertz CT molecular complexity index is 743. The maximum Gasteiger partial charge on any atom is 0.324 e. The fourth-order valence-corrected chi connectivity index (χ4v) is 4.66. The summed E-state index contributed by atoms with van der Waals surface area (Å²) in [5.74, 6) is -0.284. The molecule has 0 bridgehead atoms. The number of benzene rings is 1. The number of carbonyl (C=O) groups is 3. The SMILES string of the molecule is O=C1CCN(CC(=O)N2CCC3(CCN(Cc4ccccc4)C3)CC2)C(=O)N1. The molecule has 3 fully saturated rings. The molecule has 1 aromatic rings. The first-order chi connectivity index (χ1) is 13.5. The molecule has 0 radical (unpaired) electrons. The van der Waals surface area contributed by atoms with Gasteiger partial charge in [-0.2, -0.15) is 0 Å². The molecule has 1 aromatic carbocycles. The minimum atomic E-state index is -0.453. The van der Waals surface area contributed by atoms with Crippen molar-refractivity contribution < 1.29 is 14.4 Å². The third kappa shape index (κ3) is 4.19. The van der Waals surface area contributed by atoms with E-state index in [0.29, 0.717) is 12.0 Å². The van der Waals surface area contributed by atoms with Crippen molar-refractivity contribution in [2.45, 2.75) is 32.2 Å². The normalized spacial score (nSPS) is 22.6. The third-order valence-electron chi connectivity index (χ3n) is 6.41. The van der Waals surface area contributed by atoms with E-state index in [1.807, 2.05) is 11.0 Å². The summed E-state index contributed by atoms with van der Waals surface area (Å²) in [6, 6.07) is 10.1. The van der Waals surface area contributed by atoms with Crippen LogP contribution in [0.2, 0.25) is 0 Å². The first kappa shape index (κ1) is 18.9. The molecule has 0 aromatic heterocycles. The number of nitrogens with one attached hydrogen (secondary N) is 1. The third-order valence-corrected chi connectivity index (χ3v) is 6.41. The van der Waals surface area contributed by atoms with Gasteiger partial charge in [-0.25, -0.2) is 4.79 Å². The second-order valence-electron chi connectivity index (χ2n) is 8.35. The highest BCUT2D eigenvalue weighted by molar-refractivity contribution is 5.98. The van der Waals surface area contributed by atoms with Crippen LogP contribution in [0.3, 0.4) is 0 Å². The number of urea groups is 1. The first-order valence-electron chi connectivity index (χ1n) is 10.2. The molecule has 1 N–H and O–H groups in total. The zero-order chi connectivity index (χ0) is 19.6. The Morgan fingerprint density at radius 1 is 1.00 bits per heavy atom. The zero-order valence-electron chi connectivity index (χ0n) is 16.2. The number of piperidine rings is 1. The van der Waals surface area contributed by atoms with E-state index in [4.69, 9.17) is 0 Å². The summed E-state index contributed by atoms with van der Waals surface area (Å²) in [6.07, 6.45) is 3.50. The van der Waals surface area contributed by atoms with Gasteiger partial charge in [-0.05, 0) is 36.8 Å². The quantitative estimate of drug-likeness (QED) is 0.853. The molecule has 0 aliphatic carbocycles. The van der Waals surface area contributed by atoms with E-state index in [9.17, 15) is 14.4 Å². The van der Waals surface area contributed by atoms with E-state index in [1.54, 1.807) is 0 Å². The monoisotopic (exact) mass is 384 g/mol. The minimum absolute atomic E-state index is 0.0153. The highest BCUT2D eigenvalue weighted by Gasteiger charge is 2.41. The number of carbonyl (C=O) groups excluding carboxylic acids is 3. The summed E-state index contributed by atoms with van der Waals surface area (Å²) in [5, 5.41) is 2.27. The summed E-state index contributed by atoms with van der Waals surface area (Å²) in [7, 11) is 0. The van der Waals surface area contributed by atoms with E-state index < -0.39 is 6.03 Å². The van der Waals surface area contributed by atoms with Crippen LogP contribution in [0, 0.1) is 5.41 Å². The lowest BCUT2D eigenvalue weighted by Gasteiger charge is -2.40. The molecule has 0 atom stereocenters. The van der Waals surface area contributed by atoms with Crippen LogP contribution in [0.4, 0.5) is 4.79 Å². The smallest absolute Gasteiger partial charge is 0.324 e. The van der Waals surface area contributed by atoms with Crippen molar-refractivity contribution in [1.82, 2.24) is 20.0 Å². The number of nitrogens with zero attached hydrogens (tertiary/aromatic N) is 3. The van der Waals surface area contributed by atoms with Crippen LogP contribution in [0.15, 0.2) is 30.3 Å². The predicted octanol–water partition coefficient (Wildman–Crippen LogP) is 1.44. The molecule has 3 aliphatic rings. The highest BCUT2D eigenvalue weighted by atomic mass is 16.2. The average molecular weight is 384 g/mol. The summed E-state index contributed by atoms with van der Waals surface area (Å²) in [4.78, 5) is 41.5. The molecule has 4 rings (SSSR count). The second kappa shape index (κ2) is 7.91. The van der Waals surface area contributed by atoms with Gasteiger partial charge in [-0.1, -0.05) is 30.3 Å². The Balaban J connectivity index is 1.26. The number of hydrogen-bond acceptors (Lipinski definition) is 4. The van der Waals surface area contributed by atoms with Crippen molar-refractivity contribution in [2.24, 2.45) is 5.41 Å². The molecule has 3 saturated heterocycles. The van der Waals surface area contributed by atoms with E-state index in [-0.39, 0.29) is 24.8 Å². The molecule has 4 amide bonds. The second-order valence-corrected chi connectivity index (χ2v) is 8.35. The van der Waals surface area contributed by atoms with Crippen LogP contribution in [0.25, 0.3) is 0 Å². The Kier molecular flexibility index (Phi) is 5.35. The van der Waals surface area contributed by atoms with E-state index in [2.05, 4.69) is 34.5 Å². The van der Waals surface area contributed by atoms with Crippen LogP contribution in [0.5, 0.6) is 0 Å². The molecule has 7 heteroatoms. The topological polar surface area (TPSA) is 73.0 Å². The Hall–Kier alpha value is -2.41. The standard InChI is InChI=1S/C21H28N4O3/c26-18-6-10-25(20(28)22-18)15-19(27)24-12-8-21(9-13-24)7-11-23(16-21)14-17-4-2-1-3-5-17/h1-5H,6-16H2,(H,22,26,28). The summed E-state index contributed by atoms with van der Waals surface area (Å²) < 4.78 is 0. The van der Waals surface area contributed by atoms with Gasteiger partial charge in [0.15, 0.2) is 0 Å². The van der Waals surface area contributed by atoms with Crippen LogP contribution in [-0.2, 0) is 16.1 Å². The molecular formula is C21H28N4O3. The molecule has 3 aliphatic heterocycles. The van der Waals surface area contributed by atoms with Crippen molar-refractivity contribution in [1.29, 1.82) is 0 Å². The molecule has 0 saturated carbocycles. The first-order valence-corrected chi connectivity index (χ1v) is 10.2. The molecule has 28 heavy (non-hydrogen) atoms. The van der Waals surface area contributed by atoms with Crippen molar-refractivity contribution in [3.63, 3.8) is 0 Å². The van der Waals surface area contributed by atoms with Gasteiger partial charge in [0.25, 0.3) is 0 Å². The van der Waals surface area contributed by atoms with Crippen LogP contribution in [0.1, 0.15) is 31.2 Å². The van der Waals surface area contributed by atoms with Gasteiger partial charge < -0.3 is 9.80 Å². The van der Waals surface area contributed by atoms with Gasteiger partial charge in [0.2, 0.25) is 11.8 Å². The van der Waals surface area contributed by atoms with Crippen molar-refractivity contribution in [2.75, 3.05) is 39.3 Å². The number of likely N-dealkylation sites (tertiary alicyclic amines) is 2. The maximum atomic E-state index is 12.6. The van der Waals surface area contributed by atoms with Gasteiger partial charge >= 0.3 is 6.03 Å². The van der Waals surface area contributed by atoms with Gasteiger partial charge in [-0.3, -0.25) is 19.8 Å². The van der Waals surface area contributed by atoms with Crippen molar-refractivity contribution in [3.05, 3.63) is 35.9 Å². The van der Waals surface area contributed by atoms with Crippen LogP contribution in [-0.4, -0.2) is 71.8 Å². The van der Waals surface area contributed by atoms with Crippen LogP contribution >= 0.6 is 0 Å². The Morgan fingerprint density at radius 2 is 1.71 bits per heavy atom. The van der Waals surface area contributed by atoms with Gasteiger partial charge in [-0.15, -0.1) is 0 Å². The van der Waals surface area contributed by atoms with Gasteiger partial charge in [0.1, 0.15) is 6.54 Å². The summed E-state index contributed by atoms with van der Waals surface area (Å²) in [6.45, 7) is 5.10. The molecule has 0 unspecified atom stereocenters. The fraction of sp³-hybridized carbons (Fsp3) is 0.571. The highest BCUT2D eigenvalue weighted by Crippen LogP contribution is 2.40. The lowest BCUT2D eigenvalue weighted by Crippen LogP contribution is -2.54. The lowest BCUT2D eigenvalue weighted by molar-refractivity contribution is -0.135. The number of imide groups is 1. The molecule has 1 spiro atoms. The number of amides is 4. The zero-order valence-corrected chi connectivity index (χ0v) is 16.2. The lowest BCUT2D eigenvalue weighted by atomic mass is 9.78. The minimum Gasteiger partial charge on any atom is -0.341 e. The van der Waals surface area contributed by atoms with Crippen molar-refractivity contribution >= 4 is 17.8 Å². The maximum absolute atomic E-state index is 12.6. The Morgan fingerprint density at radius 3 is 2.43 bits per heavy atom. The van der Waals surface area contributed by atoms with E-state index in [1.165, 1.54) is 16.9 Å². The average Bonchev–Trinajstić information content (AvgIpc) is 3.07. The van der Waals surface area contributed by atoms with Crippen molar-refractivity contribution in [3.8, 4) is 0 Å². The molecule has 7 nitrogen and oxygen atoms in total. The number of hydrogen-bond donors (Lipinski definition) is 1. The molecule has 3 heterocycles. The predicted molar refractivity (Wildman–Crippen MR) is 104 cm³/mol. The van der Waals surface area contributed by atoms with Gasteiger partial charge in [0, 0.05) is 39.1 Å². The van der Waals surface area contributed by atoms with Crippen LogP contribution < -0.4 is 5.32 Å². The fourth-order valence-electron chi connectivity index (χ4n) is 4.66. The van der Waals surface area contributed by atoms with Gasteiger partial charge in [0.05, 0.1) is 0 Å². The summed E-state index contributed by atoms with van der Waals surface area (Å²) >= 11 is 0. The summed E-state index contributed by atoms with van der Waals surface area (Å²) in [5.41, 5.74) is 1.67. The molecule has 150 valence electrons. The Labute approximate surface area is 165 Å². The van der Waals surface area contributed by atoms with E-state index in [0.717, 1.165) is 45.6 Å². The van der Waals surface area contributed by atoms with E-state index >= 15 is 0 Å².